The highest BCUT2D eigenvalue weighted by atomic mass is 16.6. The number of nitrogens with zero attached hydrogens (tertiary/aromatic N) is 3. The molecule has 1 aliphatic rings. The van der Waals surface area contributed by atoms with Crippen LogP contribution in [0.2, 0.25) is 0 Å². The van der Waals surface area contributed by atoms with Gasteiger partial charge in [-0.3, -0.25) is 14.9 Å². The molecule has 0 spiro atoms. The van der Waals surface area contributed by atoms with E-state index in [1.165, 1.54) is 6.07 Å². The molecule has 0 aromatic heterocycles. The van der Waals surface area contributed by atoms with Crippen molar-refractivity contribution in [3.05, 3.63) is 34.4 Å². The Labute approximate surface area is 106 Å². The molecule has 1 amide bonds. The lowest BCUT2D eigenvalue weighted by Crippen LogP contribution is -2.48. The van der Waals surface area contributed by atoms with Crippen LogP contribution in [0.4, 0.5) is 16.2 Å². The average Bonchev–Trinajstić information content (AvgIpc) is 2.39. The van der Waals surface area contributed by atoms with E-state index in [-0.39, 0.29) is 11.5 Å². The molecule has 0 atom stereocenters. The number of carbonyl (C=O) groups is 1. The molecule has 1 aromatic carbocycles. The number of hydrogen-bond donors (Lipinski definition) is 0. The zero-order valence-corrected chi connectivity index (χ0v) is 10.2. The van der Waals surface area contributed by atoms with Crippen molar-refractivity contribution >= 4 is 25.0 Å². The van der Waals surface area contributed by atoms with Crippen LogP contribution < -0.4 is 4.90 Å². The van der Waals surface area contributed by atoms with Crippen LogP contribution in [0.25, 0.3) is 0 Å². The van der Waals surface area contributed by atoms with Gasteiger partial charge in [-0.25, -0.2) is 0 Å². The third-order valence-corrected chi connectivity index (χ3v) is 3.13. The number of nitro benzene ring substituents is 1. The van der Waals surface area contributed by atoms with Gasteiger partial charge in [-0.1, -0.05) is 6.07 Å². The van der Waals surface area contributed by atoms with Gasteiger partial charge in [0.15, 0.2) is 5.81 Å². The molecule has 0 bridgehead atoms. The third kappa shape index (κ3) is 2.61. The van der Waals surface area contributed by atoms with Gasteiger partial charge >= 0.3 is 0 Å². The molecule has 1 fully saturated rings. The lowest BCUT2D eigenvalue weighted by atomic mass is 10.1. The van der Waals surface area contributed by atoms with Crippen molar-refractivity contribution in [3.63, 3.8) is 0 Å². The molecule has 0 unspecified atom stereocenters. The molecule has 1 aromatic rings. The van der Waals surface area contributed by atoms with Crippen LogP contribution >= 0.6 is 0 Å². The number of hydrogen-bond acceptors (Lipinski definition) is 4. The summed E-state index contributed by atoms with van der Waals surface area (Å²) >= 11 is 0. The first-order valence-electron chi connectivity index (χ1n) is 5.83. The molecule has 1 saturated heterocycles. The number of rotatable bonds is 2. The van der Waals surface area contributed by atoms with Crippen LogP contribution in [0, 0.1) is 10.1 Å². The normalized spacial score (nSPS) is 15.6. The second kappa shape index (κ2) is 5.08. The highest BCUT2D eigenvalue weighted by molar-refractivity contribution is 6.56. The van der Waals surface area contributed by atoms with E-state index in [0.717, 1.165) is 5.69 Å². The summed E-state index contributed by atoms with van der Waals surface area (Å²) in [6.07, 6.45) is 0. The summed E-state index contributed by atoms with van der Waals surface area (Å²) in [6.45, 7) is 2.75. The van der Waals surface area contributed by atoms with Gasteiger partial charge in [0.1, 0.15) is 0 Å². The lowest BCUT2D eigenvalue weighted by Gasteiger charge is -2.35. The highest BCUT2D eigenvalue weighted by Crippen LogP contribution is 2.22. The predicted molar refractivity (Wildman–Crippen MR) is 70.8 cm³/mol. The minimum atomic E-state index is -0.394. The van der Waals surface area contributed by atoms with Crippen LogP contribution in [0.5, 0.6) is 0 Å². The van der Waals surface area contributed by atoms with Gasteiger partial charge in [0, 0.05) is 44.0 Å². The maximum Gasteiger partial charge on any atom is 0.271 e. The van der Waals surface area contributed by atoms with E-state index >= 15 is 0 Å². The van der Waals surface area contributed by atoms with Crippen molar-refractivity contribution in [2.45, 2.75) is 0 Å². The first kappa shape index (κ1) is 12.4. The number of amides is 1. The molecule has 1 aliphatic heterocycles. The van der Waals surface area contributed by atoms with Gasteiger partial charge in [0.25, 0.3) is 5.69 Å². The van der Waals surface area contributed by atoms with Gasteiger partial charge in [0.05, 0.1) is 4.92 Å². The molecule has 18 heavy (non-hydrogen) atoms. The Morgan fingerprint density at radius 1 is 1.28 bits per heavy atom. The number of benzene rings is 1. The van der Waals surface area contributed by atoms with E-state index in [9.17, 15) is 14.9 Å². The number of nitro groups is 1. The minimum Gasteiger partial charge on any atom is -0.368 e. The predicted octanol–water partition coefficient (Wildman–Crippen LogP) is 0.470. The molecule has 0 radical (unpaired) electrons. The van der Waals surface area contributed by atoms with Gasteiger partial charge in [-0.2, -0.15) is 0 Å². The molecular weight excluding hydrogens is 233 g/mol. The zero-order chi connectivity index (χ0) is 13.1. The van der Waals surface area contributed by atoms with Crippen molar-refractivity contribution in [2.75, 3.05) is 31.1 Å². The van der Waals surface area contributed by atoms with Gasteiger partial charge in [0.2, 0.25) is 7.85 Å². The minimum absolute atomic E-state index is 0.0775. The summed E-state index contributed by atoms with van der Waals surface area (Å²) in [5, 5.41) is 10.7. The van der Waals surface area contributed by atoms with Gasteiger partial charge in [-0.15, -0.1) is 0 Å². The van der Waals surface area contributed by atoms with Crippen LogP contribution in [0.3, 0.4) is 0 Å². The smallest absolute Gasteiger partial charge is 0.271 e. The summed E-state index contributed by atoms with van der Waals surface area (Å²) in [5.41, 5.74) is 0.939. The fourth-order valence-corrected chi connectivity index (χ4v) is 2.08. The molecule has 1 heterocycles. The van der Waals surface area contributed by atoms with Gasteiger partial charge < -0.3 is 9.80 Å². The molecule has 94 valence electrons. The van der Waals surface area contributed by atoms with E-state index in [1.54, 1.807) is 24.9 Å². The fraction of sp³-hybridized carbons (Fsp3) is 0.364. The Morgan fingerprint density at radius 2 is 1.94 bits per heavy atom. The number of carbonyl (C=O) groups excluding carboxylic acids is 1. The zero-order valence-electron chi connectivity index (χ0n) is 10.2. The molecule has 0 aliphatic carbocycles. The standard InChI is InChI=1S/C11H14BN3O3/c12-11(16)14-6-4-13(5-7-14)9-2-1-3-10(8-9)15(17)18/h1-3,8H,4-7,12H2. The largest absolute Gasteiger partial charge is 0.368 e. The van der Waals surface area contributed by atoms with Crippen LogP contribution in [-0.2, 0) is 0 Å². The quantitative estimate of drug-likeness (QED) is 0.433. The monoisotopic (exact) mass is 247 g/mol. The Hall–Kier alpha value is -2.05. The fourth-order valence-electron chi connectivity index (χ4n) is 2.08. The Morgan fingerprint density at radius 3 is 2.50 bits per heavy atom. The molecule has 0 saturated carbocycles. The summed E-state index contributed by atoms with van der Waals surface area (Å²) in [4.78, 5) is 25.4. The summed E-state index contributed by atoms with van der Waals surface area (Å²) in [5.74, 6) is 0.0775. The van der Waals surface area contributed by atoms with E-state index in [0.29, 0.717) is 26.2 Å². The first-order chi connectivity index (χ1) is 8.58. The van der Waals surface area contributed by atoms with E-state index in [2.05, 4.69) is 4.90 Å². The number of non-ortho nitro benzene ring substituents is 1. The molecule has 7 heteroatoms. The summed E-state index contributed by atoms with van der Waals surface area (Å²) in [7, 11) is 1.56. The van der Waals surface area contributed by atoms with Crippen molar-refractivity contribution in [1.82, 2.24) is 4.90 Å². The van der Waals surface area contributed by atoms with E-state index in [1.807, 2.05) is 6.07 Å². The number of anilines is 1. The molecule has 6 nitrogen and oxygen atoms in total. The second-order valence-electron chi connectivity index (χ2n) is 4.27. The number of piperazine rings is 1. The SMILES string of the molecule is BC(=O)N1CCN(c2cccc([N+](=O)[O-])c2)CC1. The molecule has 2 rings (SSSR count). The van der Waals surface area contributed by atoms with Crippen molar-refractivity contribution in [3.8, 4) is 0 Å². The Bertz CT molecular complexity index is 472. The van der Waals surface area contributed by atoms with E-state index < -0.39 is 4.92 Å². The topological polar surface area (TPSA) is 66.7 Å². The third-order valence-electron chi connectivity index (χ3n) is 3.13. The Balaban J connectivity index is 2.07. The maximum absolute atomic E-state index is 11.2. The Kier molecular flexibility index (Phi) is 3.50. The molecular formula is C11H14BN3O3. The first-order valence-corrected chi connectivity index (χ1v) is 5.83. The van der Waals surface area contributed by atoms with Gasteiger partial charge in [-0.05, 0) is 6.07 Å². The highest BCUT2D eigenvalue weighted by Gasteiger charge is 2.19. The average molecular weight is 247 g/mol. The maximum atomic E-state index is 11.2. The second-order valence-corrected chi connectivity index (χ2v) is 4.27. The van der Waals surface area contributed by atoms with Crippen LogP contribution in [0.15, 0.2) is 24.3 Å². The summed E-state index contributed by atoms with van der Waals surface area (Å²) < 4.78 is 0. The van der Waals surface area contributed by atoms with Crippen molar-refractivity contribution in [2.24, 2.45) is 0 Å². The lowest BCUT2D eigenvalue weighted by molar-refractivity contribution is -0.384. The van der Waals surface area contributed by atoms with E-state index in [4.69, 9.17) is 0 Å². The van der Waals surface area contributed by atoms with Crippen LogP contribution in [0.1, 0.15) is 0 Å². The van der Waals surface area contributed by atoms with Crippen molar-refractivity contribution in [1.29, 1.82) is 0 Å². The molecule has 0 N–H and O–H groups in total. The van der Waals surface area contributed by atoms with Crippen molar-refractivity contribution < 1.29 is 9.72 Å². The van der Waals surface area contributed by atoms with Crippen LogP contribution in [-0.4, -0.2) is 49.7 Å². The summed E-state index contributed by atoms with van der Waals surface area (Å²) in [6, 6.07) is 6.60.